The third-order valence-corrected chi connectivity index (χ3v) is 4.53. The summed E-state index contributed by atoms with van der Waals surface area (Å²) in [6.07, 6.45) is 9.36. The van der Waals surface area contributed by atoms with Crippen LogP contribution in [0.4, 0.5) is 0 Å². The standard InChI is InChI=1S/C15H25NO2/c1-12-4-7-15(17-3,8-5-12)14(16-2)10-13-6-9-18-11-13/h6,9,11-12,14,16H,4-5,7-8,10H2,1-3H3. The molecule has 0 amide bonds. The van der Waals surface area contributed by atoms with Gasteiger partial charge >= 0.3 is 0 Å². The summed E-state index contributed by atoms with van der Waals surface area (Å²) in [4.78, 5) is 0. The first-order valence-electron chi connectivity index (χ1n) is 6.93. The number of hydrogen-bond acceptors (Lipinski definition) is 3. The summed E-state index contributed by atoms with van der Waals surface area (Å²) < 4.78 is 11.1. The Morgan fingerprint density at radius 2 is 2.22 bits per heavy atom. The summed E-state index contributed by atoms with van der Waals surface area (Å²) in [5.41, 5.74) is 1.22. The van der Waals surface area contributed by atoms with Gasteiger partial charge in [-0.3, -0.25) is 0 Å². The number of methoxy groups -OCH3 is 1. The Balaban J connectivity index is 2.08. The zero-order chi connectivity index (χ0) is 13.0. The molecule has 0 aliphatic heterocycles. The molecule has 0 radical (unpaired) electrons. The highest BCUT2D eigenvalue weighted by Gasteiger charge is 2.40. The molecule has 1 heterocycles. The third-order valence-electron chi connectivity index (χ3n) is 4.53. The predicted molar refractivity (Wildman–Crippen MR) is 72.6 cm³/mol. The van der Waals surface area contributed by atoms with E-state index < -0.39 is 0 Å². The molecular formula is C15H25NO2. The number of nitrogens with one attached hydrogen (secondary N) is 1. The van der Waals surface area contributed by atoms with E-state index >= 15 is 0 Å². The van der Waals surface area contributed by atoms with Gasteiger partial charge in [-0.1, -0.05) is 6.92 Å². The van der Waals surface area contributed by atoms with Crippen molar-refractivity contribution < 1.29 is 9.15 Å². The predicted octanol–water partition coefficient (Wildman–Crippen LogP) is 3.01. The Hall–Kier alpha value is -0.800. The highest BCUT2D eigenvalue weighted by atomic mass is 16.5. The fourth-order valence-corrected chi connectivity index (χ4v) is 3.14. The minimum Gasteiger partial charge on any atom is -0.472 e. The van der Waals surface area contributed by atoms with Crippen molar-refractivity contribution >= 4 is 0 Å². The average Bonchev–Trinajstić information content (AvgIpc) is 2.90. The third kappa shape index (κ3) is 2.78. The molecule has 1 aliphatic carbocycles. The van der Waals surface area contributed by atoms with Crippen molar-refractivity contribution in [3.8, 4) is 0 Å². The van der Waals surface area contributed by atoms with E-state index in [9.17, 15) is 0 Å². The lowest BCUT2D eigenvalue weighted by Crippen LogP contribution is -2.53. The van der Waals surface area contributed by atoms with Crippen LogP contribution < -0.4 is 5.32 Å². The molecule has 1 fully saturated rings. The van der Waals surface area contributed by atoms with Crippen LogP contribution in [0.5, 0.6) is 0 Å². The molecule has 3 nitrogen and oxygen atoms in total. The topological polar surface area (TPSA) is 34.4 Å². The second-order valence-corrected chi connectivity index (χ2v) is 5.63. The van der Waals surface area contributed by atoms with Gasteiger partial charge in [0.1, 0.15) is 0 Å². The van der Waals surface area contributed by atoms with Crippen molar-refractivity contribution in [1.29, 1.82) is 0 Å². The van der Waals surface area contributed by atoms with E-state index in [1.54, 1.807) is 6.26 Å². The van der Waals surface area contributed by atoms with Crippen LogP contribution in [0, 0.1) is 5.92 Å². The minimum atomic E-state index is -0.0153. The van der Waals surface area contributed by atoms with Crippen molar-refractivity contribution in [2.45, 2.75) is 50.7 Å². The molecule has 1 unspecified atom stereocenters. The number of furan rings is 1. The van der Waals surface area contributed by atoms with Gasteiger partial charge in [-0.2, -0.15) is 0 Å². The fourth-order valence-electron chi connectivity index (χ4n) is 3.14. The zero-order valence-electron chi connectivity index (χ0n) is 11.7. The van der Waals surface area contributed by atoms with Gasteiger partial charge in [-0.25, -0.2) is 0 Å². The number of hydrogen-bond donors (Lipinski definition) is 1. The Kier molecular flexibility index (Phi) is 4.46. The minimum absolute atomic E-state index is 0.0153. The molecule has 1 N–H and O–H groups in total. The summed E-state index contributed by atoms with van der Waals surface area (Å²) >= 11 is 0. The van der Waals surface area contributed by atoms with E-state index in [0.29, 0.717) is 6.04 Å². The summed E-state index contributed by atoms with van der Waals surface area (Å²) in [6, 6.07) is 2.40. The number of rotatable bonds is 5. The second-order valence-electron chi connectivity index (χ2n) is 5.63. The quantitative estimate of drug-likeness (QED) is 0.873. The maximum Gasteiger partial charge on any atom is 0.0935 e. The van der Waals surface area contributed by atoms with E-state index in [2.05, 4.69) is 12.2 Å². The molecule has 3 heteroatoms. The van der Waals surface area contributed by atoms with Crippen molar-refractivity contribution in [2.75, 3.05) is 14.2 Å². The van der Waals surface area contributed by atoms with Crippen LogP contribution in [0.1, 0.15) is 38.2 Å². The SMILES string of the molecule is CNC(Cc1ccoc1)C1(OC)CCC(C)CC1. The van der Waals surface area contributed by atoms with E-state index in [4.69, 9.17) is 9.15 Å². The van der Waals surface area contributed by atoms with Gasteiger partial charge in [0.25, 0.3) is 0 Å². The van der Waals surface area contributed by atoms with Crippen molar-refractivity contribution in [1.82, 2.24) is 5.32 Å². The lowest BCUT2D eigenvalue weighted by molar-refractivity contribution is -0.0730. The number of likely N-dealkylation sites (N-methyl/N-ethyl adjacent to an activating group) is 1. The van der Waals surface area contributed by atoms with Gasteiger partial charge in [0.15, 0.2) is 0 Å². The first-order valence-corrected chi connectivity index (χ1v) is 6.93. The van der Waals surface area contributed by atoms with Gasteiger partial charge in [0, 0.05) is 13.2 Å². The Morgan fingerprint density at radius 3 is 2.72 bits per heavy atom. The van der Waals surface area contributed by atoms with Crippen LogP contribution in [0.3, 0.4) is 0 Å². The van der Waals surface area contributed by atoms with Crippen molar-refractivity contribution in [3.63, 3.8) is 0 Å². The molecular weight excluding hydrogens is 226 g/mol. The molecule has 1 atom stereocenters. The first kappa shape index (κ1) is 13.6. The summed E-state index contributed by atoms with van der Waals surface area (Å²) in [5.74, 6) is 0.833. The lowest BCUT2D eigenvalue weighted by Gasteiger charge is -2.44. The maximum atomic E-state index is 5.94. The molecule has 1 aromatic rings. The monoisotopic (exact) mass is 251 g/mol. The second kappa shape index (κ2) is 5.89. The van der Waals surface area contributed by atoms with Gasteiger partial charge in [-0.05, 0) is 56.7 Å². The highest BCUT2D eigenvalue weighted by Crippen LogP contribution is 2.37. The van der Waals surface area contributed by atoms with Crippen molar-refractivity contribution in [3.05, 3.63) is 24.2 Å². The molecule has 18 heavy (non-hydrogen) atoms. The Bertz CT molecular complexity index is 339. The van der Waals surface area contributed by atoms with E-state index in [1.807, 2.05) is 26.5 Å². The number of ether oxygens (including phenoxy) is 1. The lowest BCUT2D eigenvalue weighted by atomic mass is 9.74. The maximum absolute atomic E-state index is 5.94. The van der Waals surface area contributed by atoms with Crippen LogP contribution in [-0.2, 0) is 11.2 Å². The summed E-state index contributed by atoms with van der Waals surface area (Å²) in [7, 11) is 3.89. The van der Waals surface area contributed by atoms with Crippen LogP contribution >= 0.6 is 0 Å². The van der Waals surface area contributed by atoms with E-state index in [1.165, 1.54) is 18.4 Å². The normalized spacial score (nSPS) is 30.3. The Morgan fingerprint density at radius 1 is 1.50 bits per heavy atom. The fraction of sp³-hybridized carbons (Fsp3) is 0.733. The van der Waals surface area contributed by atoms with Crippen LogP contribution in [0.25, 0.3) is 0 Å². The summed E-state index contributed by atoms with van der Waals surface area (Å²) in [6.45, 7) is 2.34. The van der Waals surface area contributed by atoms with Gasteiger partial charge in [-0.15, -0.1) is 0 Å². The van der Waals surface area contributed by atoms with Crippen LogP contribution in [0.15, 0.2) is 23.0 Å². The average molecular weight is 251 g/mol. The molecule has 1 saturated carbocycles. The molecule has 0 spiro atoms. The molecule has 0 saturated heterocycles. The smallest absolute Gasteiger partial charge is 0.0935 e. The van der Waals surface area contributed by atoms with Gasteiger partial charge < -0.3 is 14.5 Å². The largest absolute Gasteiger partial charge is 0.472 e. The Labute approximate surface area is 110 Å². The van der Waals surface area contributed by atoms with Gasteiger partial charge in [0.05, 0.1) is 18.1 Å². The molecule has 1 aromatic heterocycles. The summed E-state index contributed by atoms with van der Waals surface area (Å²) in [5, 5.41) is 3.45. The van der Waals surface area contributed by atoms with Crippen molar-refractivity contribution in [2.24, 2.45) is 5.92 Å². The van der Waals surface area contributed by atoms with E-state index in [0.717, 1.165) is 25.2 Å². The highest BCUT2D eigenvalue weighted by molar-refractivity contribution is 5.11. The molecule has 1 aliphatic rings. The van der Waals surface area contributed by atoms with Crippen LogP contribution in [-0.4, -0.2) is 25.8 Å². The zero-order valence-corrected chi connectivity index (χ0v) is 11.7. The first-order chi connectivity index (χ1) is 8.70. The van der Waals surface area contributed by atoms with Gasteiger partial charge in [0.2, 0.25) is 0 Å². The molecule has 0 bridgehead atoms. The van der Waals surface area contributed by atoms with E-state index in [-0.39, 0.29) is 5.60 Å². The molecule has 102 valence electrons. The van der Waals surface area contributed by atoms with Crippen LogP contribution in [0.2, 0.25) is 0 Å². The molecule has 0 aromatic carbocycles. The molecule has 2 rings (SSSR count).